The molecule has 26 heavy (non-hydrogen) atoms. The molecule has 0 saturated carbocycles. The normalized spacial score (nSPS) is 24.0. The quantitative estimate of drug-likeness (QED) is 0.777. The van der Waals surface area contributed by atoms with Crippen molar-refractivity contribution in [3.63, 3.8) is 0 Å². The molecule has 0 aliphatic carbocycles. The average Bonchev–Trinajstić information content (AvgIpc) is 3.04. The van der Waals surface area contributed by atoms with Crippen LogP contribution in [0.1, 0.15) is 5.56 Å². The van der Waals surface area contributed by atoms with E-state index in [2.05, 4.69) is 0 Å². The molecular weight excluding hydrogens is 352 g/mol. The van der Waals surface area contributed by atoms with Crippen molar-refractivity contribution < 1.29 is 17.9 Å². The molecule has 2 aliphatic rings. The van der Waals surface area contributed by atoms with Crippen molar-refractivity contribution in [1.82, 2.24) is 0 Å². The summed E-state index contributed by atoms with van der Waals surface area (Å²) >= 11 is 0. The first-order valence-electron chi connectivity index (χ1n) is 8.44. The van der Waals surface area contributed by atoms with E-state index in [0.29, 0.717) is 11.4 Å². The highest BCUT2D eigenvalue weighted by Gasteiger charge is 2.54. The van der Waals surface area contributed by atoms with E-state index >= 15 is 0 Å². The lowest BCUT2D eigenvalue weighted by molar-refractivity contribution is 0.255. The van der Waals surface area contributed by atoms with Crippen LogP contribution < -0.4 is 14.5 Å². The molecule has 0 N–H and O–H groups in total. The summed E-state index contributed by atoms with van der Waals surface area (Å²) in [6, 6.07) is 13.7. The minimum atomic E-state index is -3.21. The van der Waals surface area contributed by atoms with Gasteiger partial charge in [0.1, 0.15) is 5.75 Å². The minimum Gasteiger partial charge on any atom is -0.497 e. The molecule has 0 aromatic heterocycles. The summed E-state index contributed by atoms with van der Waals surface area (Å²) in [6.07, 6.45) is 0. The van der Waals surface area contributed by atoms with Crippen molar-refractivity contribution in [1.29, 1.82) is 0 Å². The number of urea groups is 1. The molecule has 4 rings (SSSR count). The van der Waals surface area contributed by atoms with Gasteiger partial charge in [0.05, 0.1) is 30.7 Å². The number of para-hydroxylation sites is 1. The van der Waals surface area contributed by atoms with Crippen LogP contribution >= 0.6 is 0 Å². The van der Waals surface area contributed by atoms with Gasteiger partial charge in [-0.3, -0.25) is 9.80 Å². The van der Waals surface area contributed by atoms with Gasteiger partial charge in [-0.2, -0.15) is 0 Å². The number of ether oxygens (including phenoxy) is 1. The molecule has 2 amide bonds. The van der Waals surface area contributed by atoms with Gasteiger partial charge >= 0.3 is 6.03 Å². The number of rotatable bonds is 3. The summed E-state index contributed by atoms with van der Waals surface area (Å²) in [7, 11) is -1.64. The number of methoxy groups -OCH3 is 1. The SMILES string of the molecule is COc1cccc(N2C(=O)N(c3ccccc3C)[C@H]3CS(=O)(=O)C[C@H]32)c1. The molecule has 2 aromatic rings. The molecule has 2 atom stereocenters. The molecule has 2 saturated heterocycles. The number of benzene rings is 2. The van der Waals surface area contributed by atoms with Crippen LogP contribution in [0.3, 0.4) is 0 Å². The number of amides is 2. The van der Waals surface area contributed by atoms with Gasteiger partial charge in [-0.15, -0.1) is 0 Å². The van der Waals surface area contributed by atoms with Crippen LogP contribution in [0, 0.1) is 6.92 Å². The Morgan fingerprint density at radius 2 is 1.69 bits per heavy atom. The molecule has 7 heteroatoms. The van der Waals surface area contributed by atoms with Gasteiger partial charge in [0.25, 0.3) is 0 Å². The van der Waals surface area contributed by atoms with Crippen LogP contribution in [0.5, 0.6) is 5.75 Å². The zero-order chi connectivity index (χ0) is 18.5. The fourth-order valence-electron chi connectivity index (χ4n) is 3.88. The fraction of sp³-hybridized carbons (Fsp3) is 0.316. The number of carbonyl (C=O) groups excluding carboxylic acids is 1. The molecule has 0 bridgehead atoms. The van der Waals surface area contributed by atoms with Crippen molar-refractivity contribution in [3.05, 3.63) is 54.1 Å². The number of hydrogen-bond acceptors (Lipinski definition) is 4. The van der Waals surface area contributed by atoms with Crippen molar-refractivity contribution in [3.8, 4) is 5.75 Å². The highest BCUT2D eigenvalue weighted by Crippen LogP contribution is 2.39. The summed E-state index contributed by atoms with van der Waals surface area (Å²) in [6.45, 7) is 1.93. The summed E-state index contributed by atoms with van der Waals surface area (Å²) in [5.41, 5.74) is 2.35. The zero-order valence-corrected chi connectivity index (χ0v) is 15.4. The van der Waals surface area contributed by atoms with Gasteiger partial charge in [0.2, 0.25) is 0 Å². The van der Waals surface area contributed by atoms with Crippen LogP contribution in [0.2, 0.25) is 0 Å². The molecule has 0 radical (unpaired) electrons. The van der Waals surface area contributed by atoms with Gasteiger partial charge in [0.15, 0.2) is 9.84 Å². The van der Waals surface area contributed by atoms with Crippen molar-refractivity contribution in [2.45, 2.75) is 19.0 Å². The molecule has 0 unspecified atom stereocenters. The number of aryl methyl sites for hydroxylation is 1. The van der Waals surface area contributed by atoms with Gasteiger partial charge in [0, 0.05) is 17.4 Å². The summed E-state index contributed by atoms with van der Waals surface area (Å²) in [5, 5.41) is 0. The van der Waals surface area contributed by atoms with Crippen molar-refractivity contribution >= 4 is 27.2 Å². The first-order valence-corrected chi connectivity index (χ1v) is 10.3. The van der Waals surface area contributed by atoms with Crippen LogP contribution in [0.4, 0.5) is 16.2 Å². The Kier molecular flexibility index (Phi) is 3.91. The molecule has 2 aromatic carbocycles. The average molecular weight is 372 g/mol. The maximum atomic E-state index is 13.3. The van der Waals surface area contributed by atoms with Gasteiger partial charge < -0.3 is 4.74 Å². The predicted octanol–water partition coefficient (Wildman–Crippen LogP) is 2.62. The Morgan fingerprint density at radius 1 is 1.00 bits per heavy atom. The monoisotopic (exact) mass is 372 g/mol. The molecule has 0 spiro atoms. The van der Waals surface area contributed by atoms with Crippen molar-refractivity contribution in [2.75, 3.05) is 28.4 Å². The Hall–Kier alpha value is -2.54. The lowest BCUT2D eigenvalue weighted by Crippen LogP contribution is -2.38. The third kappa shape index (κ3) is 2.63. The largest absolute Gasteiger partial charge is 0.497 e. The smallest absolute Gasteiger partial charge is 0.329 e. The molecule has 2 heterocycles. The number of hydrogen-bond donors (Lipinski definition) is 0. The molecule has 2 aliphatic heterocycles. The highest BCUT2D eigenvalue weighted by molar-refractivity contribution is 7.91. The van der Waals surface area contributed by atoms with E-state index in [4.69, 9.17) is 4.74 Å². The first kappa shape index (κ1) is 16.9. The molecule has 6 nitrogen and oxygen atoms in total. The minimum absolute atomic E-state index is 0.0157. The number of fused-ring (bicyclic) bond motifs is 1. The number of anilines is 2. The van der Waals surface area contributed by atoms with Gasteiger partial charge in [-0.1, -0.05) is 24.3 Å². The van der Waals surface area contributed by atoms with Gasteiger partial charge in [-0.05, 0) is 30.7 Å². The van der Waals surface area contributed by atoms with Crippen LogP contribution in [0.15, 0.2) is 48.5 Å². The molecule has 2 fully saturated rings. The Labute approximate surface area is 152 Å². The van der Waals surface area contributed by atoms with E-state index < -0.39 is 15.9 Å². The van der Waals surface area contributed by atoms with Crippen LogP contribution in [-0.2, 0) is 9.84 Å². The maximum absolute atomic E-state index is 13.3. The zero-order valence-electron chi connectivity index (χ0n) is 14.6. The standard InChI is InChI=1S/C19H20N2O4S/c1-13-6-3-4-9-16(13)21-18-12-26(23,24)11-17(18)20(19(21)22)14-7-5-8-15(10-14)25-2/h3-10,17-18H,11-12H2,1-2H3/t17-,18+/m1/s1. The second-order valence-corrected chi connectivity index (χ2v) is 8.88. The van der Waals surface area contributed by atoms with E-state index in [9.17, 15) is 13.2 Å². The molecule has 136 valence electrons. The number of nitrogens with zero attached hydrogens (tertiary/aromatic N) is 2. The second-order valence-electron chi connectivity index (χ2n) is 6.72. The Morgan fingerprint density at radius 3 is 2.38 bits per heavy atom. The van der Waals surface area contributed by atoms with Gasteiger partial charge in [-0.25, -0.2) is 13.2 Å². The Balaban J connectivity index is 1.83. The van der Waals surface area contributed by atoms with E-state index in [-0.39, 0.29) is 23.6 Å². The lowest BCUT2D eigenvalue weighted by Gasteiger charge is -2.24. The summed E-state index contributed by atoms with van der Waals surface area (Å²) in [5.74, 6) is 0.586. The van der Waals surface area contributed by atoms with Crippen LogP contribution in [-0.4, -0.2) is 45.1 Å². The third-order valence-corrected chi connectivity index (χ3v) is 6.77. The highest BCUT2D eigenvalue weighted by atomic mass is 32.2. The first-order chi connectivity index (χ1) is 12.4. The topological polar surface area (TPSA) is 66.9 Å². The second kappa shape index (κ2) is 6.02. The third-order valence-electron chi connectivity index (χ3n) is 5.08. The van der Waals surface area contributed by atoms with Crippen molar-refractivity contribution in [2.24, 2.45) is 0 Å². The fourth-order valence-corrected chi connectivity index (χ4v) is 5.80. The Bertz CT molecular complexity index is 973. The van der Waals surface area contributed by atoms with E-state index in [1.165, 1.54) is 0 Å². The number of sulfone groups is 1. The van der Waals surface area contributed by atoms with E-state index in [1.54, 1.807) is 35.1 Å². The summed E-state index contributed by atoms with van der Waals surface area (Å²) < 4.78 is 29.9. The van der Waals surface area contributed by atoms with E-state index in [1.807, 2.05) is 37.3 Å². The summed E-state index contributed by atoms with van der Waals surface area (Å²) in [4.78, 5) is 16.5. The maximum Gasteiger partial charge on any atom is 0.329 e. The van der Waals surface area contributed by atoms with Crippen LogP contribution in [0.25, 0.3) is 0 Å². The number of carbonyl (C=O) groups is 1. The van der Waals surface area contributed by atoms with E-state index in [0.717, 1.165) is 11.3 Å². The molecular formula is C19H20N2O4S. The predicted molar refractivity (Wildman–Crippen MR) is 101 cm³/mol. The lowest BCUT2D eigenvalue weighted by atomic mass is 10.1.